The molecule has 2 aromatic carbocycles. The zero-order chi connectivity index (χ0) is 17.6. The van der Waals surface area contributed by atoms with Gasteiger partial charge >= 0.3 is 0 Å². The van der Waals surface area contributed by atoms with Crippen LogP contribution in [0.2, 0.25) is 0 Å². The Balaban J connectivity index is 1.64. The summed E-state index contributed by atoms with van der Waals surface area (Å²) in [5.41, 5.74) is 0.772. The topological polar surface area (TPSA) is 9.23 Å². The van der Waals surface area contributed by atoms with Crippen LogP contribution < -0.4 is 4.74 Å². The first-order chi connectivity index (χ1) is 12.1. The van der Waals surface area contributed by atoms with Crippen molar-refractivity contribution in [3.05, 3.63) is 41.5 Å². The van der Waals surface area contributed by atoms with Crippen molar-refractivity contribution >= 4 is 10.8 Å². The fourth-order valence-corrected chi connectivity index (χ4v) is 5.18. The zero-order valence-corrected chi connectivity index (χ0v) is 15.0. The lowest BCUT2D eigenvalue weighted by Crippen LogP contribution is -2.29. The van der Waals surface area contributed by atoms with E-state index in [1.165, 1.54) is 38.9 Å². The fraction of sp³-hybridized carbons (Fsp3) is 0.545. The van der Waals surface area contributed by atoms with Gasteiger partial charge in [0.15, 0.2) is 11.6 Å². The van der Waals surface area contributed by atoms with E-state index in [0.29, 0.717) is 5.39 Å². The Morgan fingerprint density at radius 2 is 1.72 bits per heavy atom. The van der Waals surface area contributed by atoms with E-state index in [4.69, 9.17) is 4.74 Å². The highest BCUT2D eigenvalue weighted by atomic mass is 19.1. The lowest BCUT2D eigenvalue weighted by molar-refractivity contribution is 0.124. The van der Waals surface area contributed by atoms with Crippen molar-refractivity contribution in [3.8, 4) is 5.75 Å². The maximum absolute atomic E-state index is 14.8. The highest BCUT2D eigenvalue weighted by molar-refractivity contribution is 5.85. The molecule has 0 amide bonds. The molecule has 0 spiro atoms. The molecule has 0 aromatic heterocycles. The highest BCUT2D eigenvalue weighted by Gasteiger charge is 2.35. The molecule has 134 valence electrons. The molecule has 0 saturated heterocycles. The molecule has 2 unspecified atom stereocenters. The Morgan fingerprint density at radius 1 is 0.960 bits per heavy atom. The van der Waals surface area contributed by atoms with Crippen LogP contribution in [-0.4, -0.2) is 7.11 Å². The summed E-state index contributed by atoms with van der Waals surface area (Å²) in [7, 11) is 1.43. The minimum atomic E-state index is -0.476. The Hall–Kier alpha value is -1.64. The van der Waals surface area contributed by atoms with Gasteiger partial charge in [0.1, 0.15) is 5.82 Å². The molecule has 2 aliphatic rings. The van der Waals surface area contributed by atoms with Crippen molar-refractivity contribution in [3.63, 3.8) is 0 Å². The molecule has 2 aromatic rings. The molecule has 25 heavy (non-hydrogen) atoms. The van der Waals surface area contributed by atoms with Crippen LogP contribution in [0.25, 0.3) is 10.8 Å². The average molecular weight is 344 g/mol. The van der Waals surface area contributed by atoms with Crippen LogP contribution in [0, 0.1) is 29.4 Å². The quantitative estimate of drug-likeness (QED) is 0.608. The summed E-state index contributed by atoms with van der Waals surface area (Å²) in [6, 6.07) is 6.67. The summed E-state index contributed by atoms with van der Waals surface area (Å²) in [6.45, 7) is 2.36. The van der Waals surface area contributed by atoms with E-state index >= 15 is 0 Å². The van der Waals surface area contributed by atoms with Gasteiger partial charge in [0.2, 0.25) is 0 Å². The third-order valence-electron chi connectivity index (χ3n) is 6.57. The average Bonchev–Trinajstić information content (AvgIpc) is 2.62. The number of fused-ring (bicyclic) bond motifs is 2. The number of hydrogen-bond acceptors (Lipinski definition) is 1. The van der Waals surface area contributed by atoms with Crippen LogP contribution in [0.5, 0.6) is 5.75 Å². The molecule has 0 heterocycles. The molecule has 0 radical (unpaired) electrons. The van der Waals surface area contributed by atoms with Gasteiger partial charge in [0.05, 0.1) is 7.11 Å². The number of methoxy groups -OCH3 is 1. The second-order valence-electron chi connectivity index (χ2n) is 8.13. The molecule has 2 aliphatic carbocycles. The Bertz CT molecular complexity index is 785. The van der Waals surface area contributed by atoms with Gasteiger partial charge in [-0.25, -0.2) is 8.78 Å². The molecular formula is C22H26F2O. The minimum Gasteiger partial charge on any atom is -0.494 e. The summed E-state index contributed by atoms with van der Waals surface area (Å²) < 4.78 is 34.2. The van der Waals surface area contributed by atoms with E-state index in [2.05, 4.69) is 6.92 Å². The highest BCUT2D eigenvalue weighted by Crippen LogP contribution is 2.48. The van der Waals surface area contributed by atoms with E-state index in [-0.39, 0.29) is 17.5 Å². The molecule has 2 fully saturated rings. The Morgan fingerprint density at radius 3 is 2.52 bits per heavy atom. The monoisotopic (exact) mass is 344 g/mol. The predicted molar refractivity (Wildman–Crippen MR) is 97.0 cm³/mol. The maximum Gasteiger partial charge on any atom is 0.172 e. The first-order valence-corrected chi connectivity index (χ1v) is 9.52. The van der Waals surface area contributed by atoms with Crippen molar-refractivity contribution in [2.75, 3.05) is 7.11 Å². The molecular weight excluding hydrogens is 318 g/mol. The third kappa shape index (κ3) is 3.02. The van der Waals surface area contributed by atoms with E-state index in [9.17, 15) is 8.78 Å². The van der Waals surface area contributed by atoms with E-state index in [1.54, 1.807) is 6.07 Å². The lowest BCUT2D eigenvalue weighted by Gasteiger charge is -2.41. The van der Waals surface area contributed by atoms with Gasteiger partial charge in [0, 0.05) is 5.39 Å². The van der Waals surface area contributed by atoms with Gasteiger partial charge in [0.25, 0.3) is 0 Å². The summed E-state index contributed by atoms with van der Waals surface area (Å²) in [5, 5.41) is 1.06. The van der Waals surface area contributed by atoms with Gasteiger partial charge in [-0.1, -0.05) is 19.4 Å². The van der Waals surface area contributed by atoms with Gasteiger partial charge < -0.3 is 4.74 Å². The molecule has 0 N–H and O–H groups in total. The van der Waals surface area contributed by atoms with Gasteiger partial charge in [-0.05, 0) is 84.9 Å². The predicted octanol–water partition coefficient (Wildman–Crippen LogP) is 6.45. The van der Waals surface area contributed by atoms with Gasteiger partial charge in [-0.3, -0.25) is 0 Å². The molecule has 0 aliphatic heterocycles. The molecule has 4 atom stereocenters. The molecule has 1 nitrogen and oxygen atoms in total. The van der Waals surface area contributed by atoms with Gasteiger partial charge in [-0.2, -0.15) is 0 Å². The van der Waals surface area contributed by atoms with E-state index < -0.39 is 5.82 Å². The molecule has 3 heteroatoms. The normalized spacial score (nSPS) is 29.4. The van der Waals surface area contributed by atoms with Crippen molar-refractivity contribution in [2.45, 2.75) is 51.4 Å². The van der Waals surface area contributed by atoms with E-state index in [0.717, 1.165) is 41.5 Å². The molecule has 2 saturated carbocycles. The second-order valence-corrected chi connectivity index (χ2v) is 8.13. The SMILES string of the molecule is COc1ccc2cc([C@@H]3CC[C@@H]4CC(C)CCC4C3)c(F)cc2c1F. The first-order valence-electron chi connectivity index (χ1n) is 9.52. The van der Waals surface area contributed by atoms with Crippen LogP contribution in [-0.2, 0) is 0 Å². The Labute approximate surface area is 148 Å². The van der Waals surface area contributed by atoms with Crippen LogP contribution in [0.15, 0.2) is 24.3 Å². The van der Waals surface area contributed by atoms with Crippen molar-refractivity contribution in [2.24, 2.45) is 17.8 Å². The lowest BCUT2D eigenvalue weighted by atomic mass is 9.64. The van der Waals surface area contributed by atoms with Crippen LogP contribution >= 0.6 is 0 Å². The number of rotatable bonds is 2. The standard InChI is InChI=1S/C22H26F2O/c1-13-3-4-15-10-16(6-5-14(15)9-13)18-11-17-7-8-21(25-2)22(24)19(17)12-20(18)23/h7-8,11-16H,3-6,9-10H2,1-2H3/t13?,14-,15?,16-/m1/s1. The summed E-state index contributed by atoms with van der Waals surface area (Å²) in [5.74, 6) is 2.08. The third-order valence-corrected chi connectivity index (χ3v) is 6.57. The van der Waals surface area contributed by atoms with Crippen molar-refractivity contribution < 1.29 is 13.5 Å². The minimum absolute atomic E-state index is 0.163. The maximum atomic E-state index is 14.8. The molecule has 4 rings (SSSR count). The van der Waals surface area contributed by atoms with Gasteiger partial charge in [-0.15, -0.1) is 0 Å². The first kappa shape index (κ1) is 16.8. The second kappa shape index (κ2) is 6.59. The van der Waals surface area contributed by atoms with E-state index in [1.807, 2.05) is 12.1 Å². The zero-order valence-electron chi connectivity index (χ0n) is 15.0. The number of benzene rings is 2. The van der Waals surface area contributed by atoms with Crippen LogP contribution in [0.1, 0.15) is 56.9 Å². The van der Waals surface area contributed by atoms with Crippen LogP contribution in [0.4, 0.5) is 8.78 Å². The summed E-state index contributed by atoms with van der Waals surface area (Å²) in [6.07, 6.45) is 7.26. The Kier molecular flexibility index (Phi) is 4.43. The van der Waals surface area contributed by atoms with Crippen LogP contribution in [0.3, 0.4) is 0 Å². The van der Waals surface area contributed by atoms with Crippen molar-refractivity contribution in [1.29, 1.82) is 0 Å². The smallest absolute Gasteiger partial charge is 0.172 e. The number of halogens is 2. The fourth-order valence-electron chi connectivity index (χ4n) is 5.18. The summed E-state index contributed by atoms with van der Waals surface area (Å²) >= 11 is 0. The number of hydrogen-bond donors (Lipinski definition) is 0. The summed E-state index contributed by atoms with van der Waals surface area (Å²) in [4.78, 5) is 0. The van der Waals surface area contributed by atoms with Crippen molar-refractivity contribution in [1.82, 2.24) is 0 Å². The number of ether oxygens (including phenoxy) is 1. The largest absolute Gasteiger partial charge is 0.494 e. The molecule has 0 bridgehead atoms.